The van der Waals surface area contributed by atoms with Gasteiger partial charge in [0.1, 0.15) is 4.90 Å². The van der Waals surface area contributed by atoms with E-state index in [0.29, 0.717) is 5.75 Å². The number of fused-ring (bicyclic) bond motifs is 1. The van der Waals surface area contributed by atoms with Gasteiger partial charge in [-0.15, -0.1) is 15.6 Å². The smallest absolute Gasteiger partial charge is 0.326 e. The molecular weight excluding hydrogens is 379 g/mol. The second-order valence-corrected chi connectivity index (χ2v) is 7.93. The van der Waals surface area contributed by atoms with Crippen molar-refractivity contribution in [2.24, 2.45) is 0 Å². The van der Waals surface area contributed by atoms with E-state index in [4.69, 9.17) is 0 Å². The van der Waals surface area contributed by atoms with Crippen molar-refractivity contribution in [3.63, 3.8) is 0 Å². The molecular formula is C17H15FN2O4S2. The average molecular weight is 394 g/mol. The van der Waals surface area contributed by atoms with E-state index < -0.39 is 21.0 Å². The fraction of sp³-hybridized carbons (Fsp3) is 0.176. The first-order chi connectivity index (χ1) is 12.3. The molecule has 0 aromatic heterocycles. The highest BCUT2D eigenvalue weighted by Crippen LogP contribution is 2.34. The Labute approximate surface area is 154 Å². The molecule has 0 atom stereocenters. The third kappa shape index (κ3) is 4.23. The van der Waals surface area contributed by atoms with Crippen LogP contribution in [0.5, 0.6) is 0 Å². The maximum atomic E-state index is 13.0. The Balaban J connectivity index is 1.66. The molecule has 1 heterocycles. The molecule has 0 bridgehead atoms. The van der Waals surface area contributed by atoms with Crippen LogP contribution in [0, 0.1) is 0 Å². The molecule has 0 aliphatic carbocycles. The highest BCUT2D eigenvalue weighted by molar-refractivity contribution is 8.00. The van der Waals surface area contributed by atoms with Crippen LogP contribution < -0.4 is 10.2 Å². The molecule has 2 amide bonds. The number of amides is 2. The number of anilines is 2. The Morgan fingerprint density at radius 2 is 1.96 bits per heavy atom. The molecule has 6 nitrogen and oxygen atoms in total. The normalized spacial score (nSPS) is 14.0. The van der Waals surface area contributed by atoms with E-state index in [-0.39, 0.29) is 24.6 Å². The van der Waals surface area contributed by atoms with E-state index >= 15 is 0 Å². The van der Waals surface area contributed by atoms with Crippen LogP contribution in [0.1, 0.15) is 6.42 Å². The molecule has 0 fully saturated rings. The quantitative estimate of drug-likeness (QED) is 0.789. The molecule has 0 saturated carbocycles. The van der Waals surface area contributed by atoms with Gasteiger partial charge in [0, 0.05) is 23.5 Å². The number of hydrogen-bond acceptors (Lipinski definition) is 5. The zero-order valence-electron chi connectivity index (χ0n) is 13.5. The highest BCUT2D eigenvalue weighted by Gasteiger charge is 2.24. The van der Waals surface area contributed by atoms with E-state index in [2.05, 4.69) is 5.32 Å². The van der Waals surface area contributed by atoms with Crippen LogP contribution in [-0.4, -0.2) is 32.5 Å². The van der Waals surface area contributed by atoms with Crippen molar-refractivity contribution in [3.8, 4) is 0 Å². The van der Waals surface area contributed by atoms with Gasteiger partial charge in [0.2, 0.25) is 11.8 Å². The topological polar surface area (TPSA) is 83.6 Å². The maximum Gasteiger partial charge on any atom is 0.332 e. The number of carbonyl (C=O) groups excluding carboxylic acids is 2. The molecule has 1 N–H and O–H groups in total. The summed E-state index contributed by atoms with van der Waals surface area (Å²) in [6.07, 6.45) is 0.0251. The van der Waals surface area contributed by atoms with Crippen molar-refractivity contribution in [2.45, 2.75) is 16.2 Å². The molecule has 26 heavy (non-hydrogen) atoms. The summed E-state index contributed by atoms with van der Waals surface area (Å²) in [6.45, 7) is 0.198. The van der Waals surface area contributed by atoms with Gasteiger partial charge in [-0.2, -0.15) is 8.42 Å². The molecule has 9 heteroatoms. The van der Waals surface area contributed by atoms with E-state index in [1.165, 1.54) is 23.9 Å². The summed E-state index contributed by atoms with van der Waals surface area (Å²) in [6, 6.07) is 12.4. The van der Waals surface area contributed by atoms with Crippen LogP contribution in [0.3, 0.4) is 0 Å². The highest BCUT2D eigenvalue weighted by atomic mass is 32.3. The number of nitrogens with one attached hydrogen (secondary N) is 1. The van der Waals surface area contributed by atoms with Gasteiger partial charge in [-0.3, -0.25) is 9.59 Å². The Morgan fingerprint density at radius 1 is 1.19 bits per heavy atom. The van der Waals surface area contributed by atoms with Gasteiger partial charge in [0.25, 0.3) is 0 Å². The third-order valence-electron chi connectivity index (χ3n) is 3.77. The largest absolute Gasteiger partial charge is 0.332 e. The van der Waals surface area contributed by atoms with Crippen LogP contribution in [0.15, 0.2) is 58.3 Å². The Bertz CT molecular complexity index is 963. The number of thioether (sulfide) groups is 1. The summed E-state index contributed by atoms with van der Waals surface area (Å²) < 4.78 is 34.9. The molecule has 1 aliphatic heterocycles. The fourth-order valence-corrected chi connectivity index (χ4v) is 4.01. The van der Waals surface area contributed by atoms with Crippen LogP contribution in [0.25, 0.3) is 0 Å². The molecule has 0 spiro atoms. The van der Waals surface area contributed by atoms with Crippen molar-refractivity contribution >= 4 is 45.2 Å². The lowest BCUT2D eigenvalue weighted by Crippen LogP contribution is -2.37. The van der Waals surface area contributed by atoms with Gasteiger partial charge in [0.15, 0.2) is 0 Å². The molecule has 0 saturated heterocycles. The van der Waals surface area contributed by atoms with Crippen LogP contribution in [0.2, 0.25) is 0 Å². The monoisotopic (exact) mass is 394 g/mol. The molecule has 136 valence electrons. The maximum absolute atomic E-state index is 13.0. The number of rotatable bonds is 5. The second kappa shape index (κ2) is 7.46. The van der Waals surface area contributed by atoms with E-state index in [9.17, 15) is 21.9 Å². The van der Waals surface area contributed by atoms with Gasteiger partial charge >= 0.3 is 10.2 Å². The standard InChI is InChI=1S/C17H15FN2O4S2/c18-26(23,24)13-5-3-4-12(10-13)19-16(21)8-9-20-14-6-1-2-7-15(14)25-11-17(20)22/h1-7,10H,8-9,11H2,(H,19,21). The lowest BCUT2D eigenvalue weighted by atomic mass is 10.2. The first-order valence-electron chi connectivity index (χ1n) is 7.71. The van der Waals surface area contributed by atoms with E-state index in [0.717, 1.165) is 22.7 Å². The Morgan fingerprint density at radius 3 is 2.73 bits per heavy atom. The molecule has 0 unspecified atom stereocenters. The van der Waals surface area contributed by atoms with Crippen molar-refractivity contribution < 1.29 is 21.9 Å². The van der Waals surface area contributed by atoms with Crippen molar-refractivity contribution in [1.29, 1.82) is 0 Å². The number of hydrogen-bond donors (Lipinski definition) is 1. The fourth-order valence-electron chi connectivity index (χ4n) is 2.56. The van der Waals surface area contributed by atoms with Crippen molar-refractivity contribution in [3.05, 3.63) is 48.5 Å². The minimum atomic E-state index is -4.84. The second-order valence-electron chi connectivity index (χ2n) is 5.57. The van der Waals surface area contributed by atoms with Gasteiger partial charge < -0.3 is 10.2 Å². The van der Waals surface area contributed by atoms with Crippen LogP contribution >= 0.6 is 11.8 Å². The van der Waals surface area contributed by atoms with Crippen LogP contribution in [-0.2, 0) is 19.8 Å². The van der Waals surface area contributed by atoms with E-state index in [1.807, 2.05) is 24.3 Å². The van der Waals surface area contributed by atoms with Crippen molar-refractivity contribution in [1.82, 2.24) is 0 Å². The van der Waals surface area contributed by atoms with Gasteiger partial charge in [-0.25, -0.2) is 0 Å². The SMILES string of the molecule is O=C(CCN1C(=O)CSc2ccccc21)Nc1cccc(S(=O)(=O)F)c1. The van der Waals surface area contributed by atoms with Crippen molar-refractivity contribution in [2.75, 3.05) is 22.5 Å². The van der Waals surface area contributed by atoms with Gasteiger partial charge in [0.05, 0.1) is 11.4 Å². The minimum Gasteiger partial charge on any atom is -0.326 e. The zero-order valence-corrected chi connectivity index (χ0v) is 15.1. The number of benzene rings is 2. The summed E-state index contributed by atoms with van der Waals surface area (Å²) in [5.41, 5.74) is 0.946. The molecule has 3 rings (SSSR count). The zero-order chi connectivity index (χ0) is 18.7. The predicted molar refractivity (Wildman–Crippen MR) is 97.5 cm³/mol. The van der Waals surface area contributed by atoms with Gasteiger partial charge in [-0.05, 0) is 30.3 Å². The third-order valence-corrected chi connectivity index (χ3v) is 5.63. The molecule has 0 radical (unpaired) electrons. The summed E-state index contributed by atoms with van der Waals surface area (Å²) in [7, 11) is -4.84. The number of carbonyl (C=O) groups is 2. The number of para-hydroxylation sites is 1. The lowest BCUT2D eigenvalue weighted by molar-refractivity contribution is -0.117. The Hall–Kier alpha value is -2.39. The van der Waals surface area contributed by atoms with Crippen LogP contribution in [0.4, 0.5) is 15.3 Å². The number of nitrogens with zero attached hydrogens (tertiary/aromatic N) is 1. The first kappa shape index (κ1) is 18.4. The summed E-state index contributed by atoms with van der Waals surface area (Å²) in [4.78, 5) is 26.3. The molecule has 2 aromatic carbocycles. The van der Waals surface area contributed by atoms with E-state index in [1.54, 1.807) is 4.90 Å². The first-order valence-corrected chi connectivity index (χ1v) is 10.1. The average Bonchev–Trinajstić information content (AvgIpc) is 2.60. The lowest BCUT2D eigenvalue weighted by Gasteiger charge is -2.28. The predicted octanol–water partition coefficient (Wildman–Crippen LogP) is 2.81. The summed E-state index contributed by atoms with van der Waals surface area (Å²) >= 11 is 1.46. The Kier molecular flexibility index (Phi) is 5.28. The minimum absolute atomic E-state index is 0.0251. The molecule has 1 aliphatic rings. The summed E-state index contributed by atoms with van der Waals surface area (Å²) in [5.74, 6) is -0.163. The summed E-state index contributed by atoms with van der Waals surface area (Å²) in [5, 5.41) is 2.52. The number of halogens is 1. The van der Waals surface area contributed by atoms with Gasteiger partial charge in [-0.1, -0.05) is 18.2 Å². The molecule has 2 aromatic rings.